The number of carbonyl (C=O) groups is 1. The summed E-state index contributed by atoms with van der Waals surface area (Å²) in [6.07, 6.45) is 3.97. The van der Waals surface area contributed by atoms with E-state index in [0.717, 1.165) is 19.6 Å². The van der Waals surface area contributed by atoms with Crippen molar-refractivity contribution in [3.8, 4) is 0 Å². The van der Waals surface area contributed by atoms with E-state index < -0.39 is 0 Å². The van der Waals surface area contributed by atoms with Gasteiger partial charge in [-0.05, 0) is 38.1 Å². The molecule has 5 heteroatoms. The minimum absolute atomic E-state index is 0.0112. The Labute approximate surface area is 114 Å². The Morgan fingerprint density at radius 2 is 2.42 bits per heavy atom. The normalized spacial score (nSPS) is 19.6. The van der Waals surface area contributed by atoms with E-state index in [1.54, 1.807) is 23.2 Å². The molecule has 2 rings (SSSR count). The smallest absolute Gasteiger partial charge is 0.253 e. The second-order valence-electron chi connectivity index (χ2n) is 5.08. The molecule has 5 nitrogen and oxygen atoms in total. The first-order valence-electron chi connectivity index (χ1n) is 6.83. The van der Waals surface area contributed by atoms with Gasteiger partial charge in [-0.2, -0.15) is 0 Å². The lowest BCUT2D eigenvalue weighted by molar-refractivity contribution is 0.0754. The molecule has 1 aliphatic rings. The molecular formula is C14H22N4O. The summed E-state index contributed by atoms with van der Waals surface area (Å²) in [5.74, 6) is 0.396. The number of amides is 1. The van der Waals surface area contributed by atoms with Crippen molar-refractivity contribution < 1.29 is 4.79 Å². The first kappa shape index (κ1) is 13.8. The molecule has 104 valence electrons. The fourth-order valence-corrected chi connectivity index (χ4v) is 2.72. The number of hydrogen-bond donors (Lipinski definition) is 1. The first-order valence-corrected chi connectivity index (χ1v) is 6.83. The zero-order valence-corrected chi connectivity index (χ0v) is 11.7. The molecule has 2 N–H and O–H groups in total. The molecule has 0 spiro atoms. The van der Waals surface area contributed by atoms with Crippen LogP contribution >= 0.6 is 0 Å². The van der Waals surface area contributed by atoms with Crippen LogP contribution in [0.1, 0.15) is 30.1 Å². The summed E-state index contributed by atoms with van der Waals surface area (Å²) in [7, 11) is 1.85. The largest absolute Gasteiger partial charge is 0.384 e. The Kier molecular flexibility index (Phi) is 4.37. The van der Waals surface area contributed by atoms with E-state index in [2.05, 4.69) is 16.8 Å². The lowest BCUT2D eigenvalue weighted by Gasteiger charge is -2.27. The lowest BCUT2D eigenvalue weighted by Crippen LogP contribution is -2.41. The Morgan fingerprint density at radius 3 is 3.11 bits per heavy atom. The highest BCUT2D eigenvalue weighted by Gasteiger charge is 2.25. The number of nitrogen functional groups attached to an aromatic ring is 1. The third-order valence-corrected chi connectivity index (χ3v) is 3.76. The van der Waals surface area contributed by atoms with E-state index in [0.29, 0.717) is 17.4 Å². The number of nitrogens with two attached hydrogens (primary N) is 1. The summed E-state index contributed by atoms with van der Waals surface area (Å²) in [4.78, 5) is 20.4. The fourth-order valence-electron chi connectivity index (χ4n) is 2.72. The van der Waals surface area contributed by atoms with Crippen molar-refractivity contribution >= 4 is 11.7 Å². The van der Waals surface area contributed by atoms with E-state index in [1.165, 1.54) is 12.8 Å². The van der Waals surface area contributed by atoms with Crippen LogP contribution in [-0.4, -0.2) is 53.4 Å². The standard InChI is InChI=1S/C14H22N4O/c1-3-18-8-4-5-12(18)10-17(2)14(19)11-6-7-16-13(15)9-11/h6-7,9,12H,3-5,8,10H2,1-2H3,(H2,15,16). The van der Waals surface area contributed by atoms with Crippen LogP contribution in [0.2, 0.25) is 0 Å². The molecule has 1 aromatic rings. The van der Waals surface area contributed by atoms with Gasteiger partial charge >= 0.3 is 0 Å². The van der Waals surface area contributed by atoms with Crippen LogP contribution < -0.4 is 5.73 Å². The average Bonchev–Trinajstić information content (AvgIpc) is 2.85. The van der Waals surface area contributed by atoms with Gasteiger partial charge in [0.25, 0.3) is 5.91 Å². The van der Waals surface area contributed by atoms with E-state index >= 15 is 0 Å². The molecule has 0 bridgehead atoms. The Morgan fingerprint density at radius 1 is 1.63 bits per heavy atom. The molecule has 1 saturated heterocycles. The summed E-state index contributed by atoms with van der Waals surface area (Å²) in [6, 6.07) is 3.82. The zero-order chi connectivity index (χ0) is 13.8. The number of aromatic nitrogens is 1. The topological polar surface area (TPSA) is 62.5 Å². The van der Waals surface area contributed by atoms with Gasteiger partial charge in [-0.25, -0.2) is 4.98 Å². The Balaban J connectivity index is 1.99. The highest BCUT2D eigenvalue weighted by molar-refractivity contribution is 5.94. The SMILES string of the molecule is CCN1CCCC1CN(C)C(=O)c1ccnc(N)c1. The number of likely N-dealkylation sites (tertiary alicyclic amines) is 1. The molecule has 1 amide bonds. The van der Waals surface area contributed by atoms with Crippen molar-refractivity contribution in [2.24, 2.45) is 0 Å². The quantitative estimate of drug-likeness (QED) is 0.886. The minimum Gasteiger partial charge on any atom is -0.384 e. The van der Waals surface area contributed by atoms with Crippen LogP contribution in [0.4, 0.5) is 5.82 Å². The van der Waals surface area contributed by atoms with Crippen LogP contribution in [-0.2, 0) is 0 Å². The second-order valence-corrected chi connectivity index (χ2v) is 5.08. The lowest BCUT2D eigenvalue weighted by atomic mass is 10.2. The van der Waals surface area contributed by atoms with Crippen LogP contribution in [0.25, 0.3) is 0 Å². The van der Waals surface area contributed by atoms with E-state index in [9.17, 15) is 4.79 Å². The fraction of sp³-hybridized carbons (Fsp3) is 0.571. The van der Waals surface area contributed by atoms with E-state index in [1.807, 2.05) is 7.05 Å². The van der Waals surface area contributed by atoms with E-state index in [-0.39, 0.29) is 5.91 Å². The molecule has 1 unspecified atom stereocenters. The van der Waals surface area contributed by atoms with Crippen molar-refractivity contribution in [3.05, 3.63) is 23.9 Å². The Bertz CT molecular complexity index is 449. The van der Waals surface area contributed by atoms with Crippen LogP contribution in [0.15, 0.2) is 18.3 Å². The summed E-state index contributed by atoms with van der Waals surface area (Å²) < 4.78 is 0. The molecule has 2 heterocycles. The minimum atomic E-state index is 0.0112. The maximum absolute atomic E-state index is 12.3. The molecule has 19 heavy (non-hydrogen) atoms. The summed E-state index contributed by atoms with van der Waals surface area (Å²) >= 11 is 0. The summed E-state index contributed by atoms with van der Waals surface area (Å²) in [6.45, 7) is 5.14. The number of likely N-dealkylation sites (N-methyl/N-ethyl adjacent to an activating group) is 2. The van der Waals surface area contributed by atoms with Crippen molar-refractivity contribution in [2.45, 2.75) is 25.8 Å². The predicted octanol–water partition coefficient (Wildman–Crippen LogP) is 1.22. The molecule has 0 saturated carbocycles. The van der Waals surface area contributed by atoms with Gasteiger partial charge in [-0.3, -0.25) is 9.69 Å². The van der Waals surface area contributed by atoms with Crippen molar-refractivity contribution in [1.29, 1.82) is 0 Å². The number of hydrogen-bond acceptors (Lipinski definition) is 4. The predicted molar refractivity (Wildman–Crippen MR) is 75.9 cm³/mol. The molecule has 1 fully saturated rings. The van der Waals surface area contributed by atoms with E-state index in [4.69, 9.17) is 5.73 Å². The van der Waals surface area contributed by atoms with Gasteiger partial charge < -0.3 is 10.6 Å². The number of anilines is 1. The highest BCUT2D eigenvalue weighted by atomic mass is 16.2. The number of rotatable bonds is 4. The van der Waals surface area contributed by atoms with Gasteiger partial charge in [-0.1, -0.05) is 6.92 Å². The van der Waals surface area contributed by atoms with Gasteiger partial charge in [0, 0.05) is 31.4 Å². The maximum Gasteiger partial charge on any atom is 0.253 e. The molecule has 1 atom stereocenters. The number of nitrogens with zero attached hydrogens (tertiary/aromatic N) is 3. The van der Waals surface area contributed by atoms with Gasteiger partial charge in [0.15, 0.2) is 0 Å². The molecule has 0 aromatic carbocycles. The molecule has 0 aliphatic carbocycles. The summed E-state index contributed by atoms with van der Waals surface area (Å²) in [5.41, 5.74) is 6.22. The first-order chi connectivity index (χ1) is 9.11. The number of pyridine rings is 1. The summed E-state index contributed by atoms with van der Waals surface area (Å²) in [5, 5.41) is 0. The van der Waals surface area contributed by atoms with Crippen LogP contribution in [0.3, 0.4) is 0 Å². The third-order valence-electron chi connectivity index (χ3n) is 3.76. The van der Waals surface area contributed by atoms with Gasteiger partial charge in [-0.15, -0.1) is 0 Å². The molecule has 0 radical (unpaired) electrons. The average molecular weight is 262 g/mol. The monoisotopic (exact) mass is 262 g/mol. The second kappa shape index (κ2) is 6.02. The van der Waals surface area contributed by atoms with Crippen molar-refractivity contribution in [2.75, 3.05) is 32.4 Å². The van der Waals surface area contributed by atoms with Crippen molar-refractivity contribution in [3.63, 3.8) is 0 Å². The molecule has 1 aliphatic heterocycles. The van der Waals surface area contributed by atoms with Crippen molar-refractivity contribution in [1.82, 2.24) is 14.8 Å². The highest BCUT2D eigenvalue weighted by Crippen LogP contribution is 2.18. The van der Waals surface area contributed by atoms with Gasteiger partial charge in [0.05, 0.1) is 0 Å². The molecule has 1 aromatic heterocycles. The molecular weight excluding hydrogens is 240 g/mol. The maximum atomic E-state index is 12.3. The Hall–Kier alpha value is -1.62. The number of carbonyl (C=O) groups excluding carboxylic acids is 1. The third kappa shape index (κ3) is 3.23. The zero-order valence-electron chi connectivity index (χ0n) is 11.7. The van der Waals surface area contributed by atoms with Crippen LogP contribution in [0, 0.1) is 0 Å². The van der Waals surface area contributed by atoms with Crippen LogP contribution in [0.5, 0.6) is 0 Å². The van der Waals surface area contributed by atoms with Gasteiger partial charge in [0.1, 0.15) is 5.82 Å². The van der Waals surface area contributed by atoms with Gasteiger partial charge in [0.2, 0.25) is 0 Å².